The molecule has 1 fully saturated rings. The Balaban J connectivity index is 2.10. The zero-order valence-electron chi connectivity index (χ0n) is 8.08. The summed E-state index contributed by atoms with van der Waals surface area (Å²) in [6.07, 6.45) is 2.20. The standard InChI is InChI=1S/C10H11BrClNOS/c11-7-3-6-15-9(7)8(12)10(14)13-4-1-2-5-13/h3,6,8H,1-2,4-5H2. The Labute approximate surface area is 106 Å². The largest absolute Gasteiger partial charge is 0.341 e. The van der Waals surface area contributed by atoms with Crippen molar-refractivity contribution in [3.05, 3.63) is 20.8 Å². The number of rotatable bonds is 2. The normalized spacial score (nSPS) is 18.1. The van der Waals surface area contributed by atoms with Crippen LogP contribution >= 0.6 is 38.9 Å². The fraction of sp³-hybridized carbons (Fsp3) is 0.500. The fourth-order valence-electron chi connectivity index (χ4n) is 1.70. The van der Waals surface area contributed by atoms with E-state index >= 15 is 0 Å². The number of alkyl halides is 1. The van der Waals surface area contributed by atoms with E-state index in [0.29, 0.717) is 0 Å². The highest BCUT2D eigenvalue weighted by molar-refractivity contribution is 9.10. The minimum atomic E-state index is -0.530. The van der Waals surface area contributed by atoms with Crippen LogP contribution in [0.5, 0.6) is 0 Å². The molecule has 1 aromatic rings. The van der Waals surface area contributed by atoms with Crippen molar-refractivity contribution in [1.82, 2.24) is 4.90 Å². The molecule has 1 atom stereocenters. The molecule has 2 nitrogen and oxygen atoms in total. The minimum absolute atomic E-state index is 0.0392. The van der Waals surface area contributed by atoms with Gasteiger partial charge in [0.2, 0.25) is 5.91 Å². The second kappa shape index (κ2) is 4.85. The average molecular weight is 309 g/mol. The molecule has 0 saturated carbocycles. The Hall–Kier alpha value is -0.0600. The van der Waals surface area contributed by atoms with E-state index < -0.39 is 5.38 Å². The first-order chi connectivity index (χ1) is 7.20. The zero-order valence-corrected chi connectivity index (χ0v) is 11.2. The summed E-state index contributed by atoms with van der Waals surface area (Å²) in [5.41, 5.74) is 0. The van der Waals surface area contributed by atoms with Crippen molar-refractivity contribution in [2.24, 2.45) is 0 Å². The van der Waals surface area contributed by atoms with Gasteiger partial charge in [0.15, 0.2) is 0 Å². The Morgan fingerprint density at radius 3 is 2.73 bits per heavy atom. The number of halogens is 2. The van der Waals surface area contributed by atoms with E-state index in [0.717, 1.165) is 35.3 Å². The summed E-state index contributed by atoms with van der Waals surface area (Å²) in [5, 5.41) is 1.41. The van der Waals surface area contributed by atoms with Crippen LogP contribution in [0.25, 0.3) is 0 Å². The molecule has 1 saturated heterocycles. The summed E-state index contributed by atoms with van der Waals surface area (Å²) in [5.74, 6) is 0.0392. The third kappa shape index (κ3) is 2.37. The van der Waals surface area contributed by atoms with Crippen LogP contribution < -0.4 is 0 Å². The van der Waals surface area contributed by atoms with E-state index in [9.17, 15) is 4.79 Å². The lowest BCUT2D eigenvalue weighted by Gasteiger charge is -2.18. The quantitative estimate of drug-likeness (QED) is 0.767. The molecule has 5 heteroatoms. The molecule has 15 heavy (non-hydrogen) atoms. The van der Waals surface area contributed by atoms with E-state index in [2.05, 4.69) is 15.9 Å². The van der Waals surface area contributed by atoms with E-state index in [1.807, 2.05) is 16.3 Å². The van der Waals surface area contributed by atoms with Crippen molar-refractivity contribution in [2.75, 3.05) is 13.1 Å². The molecule has 0 spiro atoms. The maximum Gasteiger partial charge on any atom is 0.246 e. The lowest BCUT2D eigenvalue weighted by atomic mass is 10.3. The number of amides is 1. The number of nitrogens with zero attached hydrogens (tertiary/aromatic N) is 1. The summed E-state index contributed by atoms with van der Waals surface area (Å²) in [6.45, 7) is 1.70. The molecule has 82 valence electrons. The first-order valence-electron chi connectivity index (χ1n) is 4.86. The highest BCUT2D eigenvalue weighted by Gasteiger charge is 2.27. The number of carbonyl (C=O) groups excluding carboxylic acids is 1. The van der Waals surface area contributed by atoms with Crippen molar-refractivity contribution in [3.63, 3.8) is 0 Å². The Kier molecular flexibility index (Phi) is 3.69. The SMILES string of the molecule is O=C(C(Cl)c1sccc1Br)N1CCCC1. The van der Waals surface area contributed by atoms with Crippen molar-refractivity contribution in [2.45, 2.75) is 18.2 Å². The van der Waals surface area contributed by atoms with Gasteiger partial charge in [0, 0.05) is 22.4 Å². The second-order valence-electron chi connectivity index (χ2n) is 3.53. The van der Waals surface area contributed by atoms with Gasteiger partial charge >= 0.3 is 0 Å². The predicted octanol–water partition coefficient (Wildman–Crippen LogP) is 3.41. The van der Waals surface area contributed by atoms with Gasteiger partial charge < -0.3 is 4.90 Å². The molecule has 0 aliphatic carbocycles. The summed E-state index contributed by atoms with van der Waals surface area (Å²) in [7, 11) is 0. The van der Waals surface area contributed by atoms with Gasteiger partial charge in [-0.1, -0.05) is 0 Å². The molecular weight excluding hydrogens is 298 g/mol. The summed E-state index contributed by atoms with van der Waals surface area (Å²) in [4.78, 5) is 14.7. The number of hydrogen-bond acceptors (Lipinski definition) is 2. The van der Waals surface area contributed by atoms with Gasteiger partial charge in [0.05, 0.1) is 0 Å². The fourth-order valence-corrected chi connectivity index (χ4v) is 3.81. The molecule has 0 radical (unpaired) electrons. The zero-order chi connectivity index (χ0) is 10.8. The predicted molar refractivity (Wildman–Crippen MR) is 66.4 cm³/mol. The maximum atomic E-state index is 12.0. The molecule has 1 amide bonds. The second-order valence-corrected chi connectivity index (χ2v) is 5.77. The minimum Gasteiger partial charge on any atom is -0.341 e. The summed E-state index contributed by atoms with van der Waals surface area (Å²) in [6, 6.07) is 1.92. The van der Waals surface area contributed by atoms with Crippen molar-refractivity contribution in [1.29, 1.82) is 0 Å². The van der Waals surface area contributed by atoms with E-state index in [1.54, 1.807) is 0 Å². The van der Waals surface area contributed by atoms with Crippen LogP contribution in [0, 0.1) is 0 Å². The van der Waals surface area contributed by atoms with Crippen LogP contribution in [-0.2, 0) is 4.79 Å². The van der Waals surface area contributed by atoms with E-state index in [-0.39, 0.29) is 5.91 Å². The first-order valence-corrected chi connectivity index (χ1v) is 6.97. The van der Waals surface area contributed by atoms with E-state index in [4.69, 9.17) is 11.6 Å². The number of hydrogen-bond donors (Lipinski definition) is 0. The van der Waals surface area contributed by atoms with Gasteiger partial charge in [-0.2, -0.15) is 0 Å². The van der Waals surface area contributed by atoms with Crippen LogP contribution in [0.1, 0.15) is 23.1 Å². The van der Waals surface area contributed by atoms with Crippen LogP contribution in [-0.4, -0.2) is 23.9 Å². The van der Waals surface area contributed by atoms with Crippen molar-refractivity contribution >= 4 is 44.8 Å². The number of likely N-dealkylation sites (tertiary alicyclic amines) is 1. The van der Waals surface area contributed by atoms with Crippen LogP contribution in [0.2, 0.25) is 0 Å². The lowest BCUT2D eigenvalue weighted by molar-refractivity contribution is -0.129. The van der Waals surface area contributed by atoms with Gasteiger partial charge in [-0.15, -0.1) is 22.9 Å². The third-order valence-corrected chi connectivity index (χ3v) is 4.98. The Morgan fingerprint density at radius 2 is 2.20 bits per heavy atom. The molecular formula is C10H11BrClNOS. The highest BCUT2D eigenvalue weighted by atomic mass is 79.9. The Morgan fingerprint density at radius 1 is 1.53 bits per heavy atom. The number of carbonyl (C=O) groups is 1. The van der Waals surface area contributed by atoms with Crippen LogP contribution in [0.15, 0.2) is 15.9 Å². The molecule has 1 aromatic heterocycles. The molecule has 0 aromatic carbocycles. The van der Waals surface area contributed by atoms with E-state index in [1.165, 1.54) is 11.3 Å². The molecule has 1 aliphatic rings. The Bertz CT molecular complexity index is 362. The van der Waals surface area contributed by atoms with Gasteiger partial charge in [-0.05, 0) is 40.2 Å². The third-order valence-electron chi connectivity index (χ3n) is 2.51. The van der Waals surface area contributed by atoms with Gasteiger partial charge in [-0.3, -0.25) is 4.79 Å². The van der Waals surface area contributed by atoms with Crippen molar-refractivity contribution in [3.8, 4) is 0 Å². The molecule has 1 aliphatic heterocycles. The number of thiophene rings is 1. The highest BCUT2D eigenvalue weighted by Crippen LogP contribution is 2.34. The van der Waals surface area contributed by atoms with Gasteiger partial charge in [0.25, 0.3) is 0 Å². The molecule has 2 rings (SSSR count). The molecule has 0 bridgehead atoms. The first kappa shape index (κ1) is 11.4. The molecule has 1 unspecified atom stereocenters. The monoisotopic (exact) mass is 307 g/mol. The van der Waals surface area contributed by atoms with Crippen LogP contribution in [0.3, 0.4) is 0 Å². The summed E-state index contributed by atoms with van der Waals surface area (Å²) >= 11 is 11.1. The van der Waals surface area contributed by atoms with Gasteiger partial charge in [-0.25, -0.2) is 0 Å². The van der Waals surface area contributed by atoms with Crippen molar-refractivity contribution < 1.29 is 4.79 Å². The molecule has 0 N–H and O–H groups in total. The maximum absolute atomic E-state index is 12.0. The average Bonchev–Trinajstić information content (AvgIpc) is 2.85. The smallest absolute Gasteiger partial charge is 0.246 e. The lowest BCUT2D eigenvalue weighted by Crippen LogP contribution is -2.30. The molecule has 2 heterocycles. The summed E-state index contributed by atoms with van der Waals surface area (Å²) < 4.78 is 0.931. The van der Waals surface area contributed by atoms with Gasteiger partial charge in [0.1, 0.15) is 5.38 Å². The van der Waals surface area contributed by atoms with Crippen LogP contribution in [0.4, 0.5) is 0 Å². The topological polar surface area (TPSA) is 20.3 Å².